The van der Waals surface area contributed by atoms with E-state index in [0.717, 1.165) is 0 Å². The number of hydrogen-bond acceptors (Lipinski definition) is 11. The topological polar surface area (TPSA) is 271 Å². The smallest absolute Gasteiger partial charge is 0.244 e. The van der Waals surface area contributed by atoms with Gasteiger partial charge in [0.25, 0.3) is 0 Å². The third-order valence-electron chi connectivity index (χ3n) is 6.53. The molecule has 0 bridgehead atoms. The maximum absolute atomic E-state index is 13.2. The van der Waals surface area contributed by atoms with Crippen molar-refractivity contribution in [2.45, 2.75) is 89.0 Å². The minimum Gasteiger partial charge on any atom is -0.388 e. The zero-order valence-corrected chi connectivity index (χ0v) is 29.7. The van der Waals surface area contributed by atoms with Gasteiger partial charge in [-0.15, -0.1) is 0 Å². The molecule has 0 aliphatic carbocycles. The van der Waals surface area contributed by atoms with E-state index in [1.54, 1.807) is 20.9 Å². The average molecular weight is 835 g/mol. The van der Waals surface area contributed by atoms with Crippen LogP contribution < -0.4 is 37.6 Å². The zero-order valence-electron chi connectivity index (χ0n) is 24.9. The van der Waals surface area contributed by atoms with Crippen molar-refractivity contribution in [1.29, 1.82) is 0 Å². The summed E-state index contributed by atoms with van der Waals surface area (Å²) in [5.41, 5.74) is 5.11. The fraction of sp³-hybridized carbons (Fsp3) is 0.760. The van der Waals surface area contributed by atoms with E-state index in [0.29, 0.717) is 6.54 Å². The second kappa shape index (κ2) is 20.6. The van der Waals surface area contributed by atoms with Gasteiger partial charge in [0.15, 0.2) is 0 Å². The summed E-state index contributed by atoms with van der Waals surface area (Å²) in [6.45, 7) is 4.26. The van der Waals surface area contributed by atoms with E-state index in [4.69, 9.17) is 15.6 Å². The van der Waals surface area contributed by atoms with Crippen LogP contribution in [0.2, 0.25) is 0 Å². The number of aliphatic hydroxyl groups excluding tert-OH is 3. The Hall–Kier alpha value is -2.29. The molecule has 243 valence electrons. The summed E-state index contributed by atoms with van der Waals surface area (Å²) >= 11 is 0. The molecule has 1 fully saturated rings. The summed E-state index contributed by atoms with van der Waals surface area (Å²) in [4.78, 5) is 74.0. The summed E-state index contributed by atoms with van der Waals surface area (Å²) in [6.07, 6.45) is -5.39. The van der Waals surface area contributed by atoms with Gasteiger partial charge in [0.1, 0.15) is 43.2 Å². The van der Waals surface area contributed by atoms with Gasteiger partial charge in [-0.2, -0.15) is 0 Å². The molecular formula is C25H45N7O10Pa. The molecule has 1 saturated heterocycles. The summed E-state index contributed by atoms with van der Waals surface area (Å²) in [6, 6.07) is -3.29. The largest absolute Gasteiger partial charge is 0.388 e. The van der Waals surface area contributed by atoms with Gasteiger partial charge in [-0.25, -0.2) is 0 Å². The third-order valence-corrected chi connectivity index (χ3v) is 6.53. The number of carbonyl (C=O) groups is 6. The van der Waals surface area contributed by atoms with Crippen LogP contribution in [-0.4, -0.2) is 120 Å². The zero-order chi connectivity index (χ0) is 32.0. The molecule has 17 nitrogen and oxygen atoms in total. The Kier molecular flexibility index (Phi) is 19.5. The second-order valence-corrected chi connectivity index (χ2v) is 10.3. The minimum atomic E-state index is -1.36. The number of ether oxygens (including phenoxy) is 1. The van der Waals surface area contributed by atoms with Crippen LogP contribution in [0.25, 0.3) is 0 Å². The molecule has 43 heavy (non-hydrogen) atoms. The number of primary amides is 1. The predicted octanol–water partition coefficient (Wildman–Crippen LogP) is -4.95. The summed E-state index contributed by atoms with van der Waals surface area (Å²) in [5.74, 6) is -4.19. The first kappa shape index (κ1) is 40.7. The van der Waals surface area contributed by atoms with E-state index in [2.05, 4.69) is 31.9 Å². The van der Waals surface area contributed by atoms with E-state index in [1.807, 2.05) is 0 Å². The Morgan fingerprint density at radius 3 is 2.02 bits per heavy atom. The van der Waals surface area contributed by atoms with E-state index in [9.17, 15) is 39.0 Å². The Labute approximate surface area is 275 Å². The van der Waals surface area contributed by atoms with Crippen LogP contribution in [-0.2, 0) is 33.5 Å². The van der Waals surface area contributed by atoms with Crippen molar-refractivity contribution in [3.63, 3.8) is 0 Å². The number of amides is 6. The minimum absolute atomic E-state index is 0. The molecule has 0 aromatic heterocycles. The van der Waals surface area contributed by atoms with Gasteiger partial charge >= 0.3 is 0 Å². The Morgan fingerprint density at radius 2 is 1.47 bits per heavy atom. The molecule has 0 aromatic rings. The second-order valence-electron chi connectivity index (χ2n) is 10.3. The monoisotopic (exact) mass is 834 g/mol. The van der Waals surface area contributed by atoms with E-state index >= 15 is 0 Å². The van der Waals surface area contributed by atoms with Gasteiger partial charge < -0.3 is 57.7 Å². The molecule has 1 aliphatic rings. The van der Waals surface area contributed by atoms with Crippen LogP contribution in [0.5, 0.6) is 0 Å². The van der Waals surface area contributed by atoms with Gasteiger partial charge in [-0.05, 0) is 26.3 Å². The third kappa shape index (κ3) is 14.4. The summed E-state index contributed by atoms with van der Waals surface area (Å²) < 4.78 is 5.43. The van der Waals surface area contributed by atoms with E-state index in [1.165, 1.54) is 6.92 Å². The quantitative estimate of drug-likeness (QED) is 0.0585. The standard InChI is InChI=1S/C25H45N7O10.Pa/c1-12(2)20(25(41)30-13(3)23(39)29-11-33)32-24(40)14(31-19(36)7-8-27-4)5-6-18(35)28-10-16-22(38)21(37)15(42-16)9-17(26)34;/h12-16,20-22,27,33,37-38H,5-11H2,1-4H3,(H2,26,34)(H,28,35)(H,29,39)(H,30,41)(H,31,36)(H,32,40);/t13-,14-,15-,16+,20-,21-,22+;/m0./s1. The molecule has 11 N–H and O–H groups in total. The number of nitrogens with one attached hydrogen (secondary N) is 6. The molecule has 1 rings (SSSR count). The molecule has 0 unspecified atom stereocenters. The van der Waals surface area contributed by atoms with E-state index in [-0.39, 0.29) is 64.5 Å². The average Bonchev–Trinajstić information content (AvgIpc) is 3.18. The number of rotatable bonds is 18. The van der Waals surface area contributed by atoms with Crippen molar-refractivity contribution in [2.24, 2.45) is 11.7 Å². The van der Waals surface area contributed by atoms with Crippen LogP contribution in [0.4, 0.5) is 0 Å². The van der Waals surface area contributed by atoms with Gasteiger partial charge in [0.2, 0.25) is 35.4 Å². The fourth-order valence-electron chi connectivity index (χ4n) is 4.10. The predicted molar refractivity (Wildman–Crippen MR) is 147 cm³/mol. The molecular weight excluding hydrogens is 789 g/mol. The SMILES string of the molecule is CNCCC(=O)N[C@@H](CCC(=O)NC[C@H]1O[C@@H](CC(N)=O)[C@H](O)[C@@H]1O)C(=O)N[C@H](C(=O)N[C@@H](C)C(=O)NCO)C(C)C.[Pa]. The first-order valence-corrected chi connectivity index (χ1v) is 13.7. The van der Waals surface area contributed by atoms with Gasteiger partial charge in [-0.3, -0.25) is 28.8 Å². The number of aliphatic hydroxyl groups is 3. The van der Waals surface area contributed by atoms with Gasteiger partial charge in [0, 0.05) is 58.2 Å². The van der Waals surface area contributed by atoms with E-state index < -0.39 is 90.6 Å². The Balaban J connectivity index is 0.0000176. The molecule has 1 heterocycles. The van der Waals surface area contributed by atoms with Crippen molar-refractivity contribution in [3.05, 3.63) is 0 Å². The molecule has 0 saturated carbocycles. The molecule has 1 aliphatic heterocycles. The van der Waals surface area contributed by atoms with Crippen molar-refractivity contribution < 1.29 is 81.1 Å². The van der Waals surface area contributed by atoms with Crippen LogP contribution in [0.1, 0.15) is 46.5 Å². The van der Waals surface area contributed by atoms with Crippen molar-refractivity contribution in [2.75, 3.05) is 26.9 Å². The first-order chi connectivity index (χ1) is 19.7. The van der Waals surface area contributed by atoms with Crippen molar-refractivity contribution in [3.8, 4) is 0 Å². The van der Waals surface area contributed by atoms with Gasteiger partial charge in [0.05, 0.1) is 12.5 Å². The maximum atomic E-state index is 13.2. The van der Waals surface area contributed by atoms with Crippen molar-refractivity contribution in [1.82, 2.24) is 31.9 Å². The Bertz CT molecular complexity index is 957. The number of hydrogen-bond donors (Lipinski definition) is 10. The molecule has 18 heteroatoms. The number of carbonyl (C=O) groups excluding carboxylic acids is 6. The molecule has 6 amide bonds. The molecule has 0 aromatic carbocycles. The summed E-state index contributed by atoms with van der Waals surface area (Å²) in [7, 11) is 1.65. The molecule has 1 radical (unpaired) electrons. The molecule has 0 spiro atoms. The van der Waals surface area contributed by atoms with Crippen LogP contribution in [0.3, 0.4) is 0 Å². The summed E-state index contributed by atoms with van der Waals surface area (Å²) in [5, 5.41) is 44.1. The van der Waals surface area contributed by atoms with Crippen LogP contribution in [0, 0.1) is 38.2 Å². The fourth-order valence-corrected chi connectivity index (χ4v) is 4.10. The first-order valence-electron chi connectivity index (χ1n) is 13.7. The normalized spacial score (nSPS) is 21.5. The molecule has 7 atom stereocenters. The maximum Gasteiger partial charge on any atom is 0.244 e. The van der Waals surface area contributed by atoms with Crippen molar-refractivity contribution >= 4 is 35.4 Å². The Morgan fingerprint density at radius 1 is 0.837 bits per heavy atom. The van der Waals surface area contributed by atoms with Crippen LogP contribution >= 0.6 is 0 Å². The number of nitrogens with two attached hydrogens (primary N) is 1. The van der Waals surface area contributed by atoms with Gasteiger partial charge in [-0.1, -0.05) is 13.8 Å². The van der Waals surface area contributed by atoms with Crippen LogP contribution in [0.15, 0.2) is 0 Å².